The van der Waals surface area contributed by atoms with Crippen LogP contribution in [-0.4, -0.2) is 16.0 Å². The molecule has 0 aliphatic rings. The zero-order chi connectivity index (χ0) is 13.9. The van der Waals surface area contributed by atoms with E-state index in [2.05, 4.69) is 9.36 Å². The number of nitrogens with zero attached hydrogens (tertiary/aromatic N) is 2. The first-order valence-corrected chi connectivity index (χ1v) is 6.43. The molecule has 0 amide bonds. The summed E-state index contributed by atoms with van der Waals surface area (Å²) >= 11 is 0.716. The van der Waals surface area contributed by atoms with E-state index in [4.69, 9.17) is 4.74 Å². The maximum Gasteiger partial charge on any atom is 0.452 e. The van der Waals surface area contributed by atoms with E-state index < -0.39 is 12.0 Å². The second-order valence-electron chi connectivity index (χ2n) is 3.77. The minimum atomic E-state index is -4.52. The van der Waals surface area contributed by atoms with Crippen molar-refractivity contribution in [1.82, 2.24) is 9.36 Å². The summed E-state index contributed by atoms with van der Waals surface area (Å²) in [7, 11) is 0. The second-order valence-corrected chi connectivity index (χ2v) is 4.52. The molecule has 0 aliphatic heterocycles. The lowest BCUT2D eigenvalue weighted by Crippen LogP contribution is -2.07. The number of rotatable bonds is 4. The topological polar surface area (TPSA) is 35.0 Å². The van der Waals surface area contributed by atoms with Gasteiger partial charge in [0.15, 0.2) is 0 Å². The van der Waals surface area contributed by atoms with E-state index in [-0.39, 0.29) is 5.01 Å². The van der Waals surface area contributed by atoms with Gasteiger partial charge in [-0.15, -0.1) is 0 Å². The predicted molar refractivity (Wildman–Crippen MR) is 66.1 cm³/mol. The van der Waals surface area contributed by atoms with Crippen molar-refractivity contribution in [3.8, 4) is 16.3 Å². The summed E-state index contributed by atoms with van der Waals surface area (Å²) in [6.45, 7) is 2.46. The largest absolute Gasteiger partial charge is 0.493 e. The van der Waals surface area contributed by atoms with Gasteiger partial charge in [0, 0.05) is 0 Å². The number of halogens is 3. The third kappa shape index (κ3) is 3.23. The third-order valence-corrected chi connectivity index (χ3v) is 3.01. The maximum atomic E-state index is 12.5. The van der Waals surface area contributed by atoms with Gasteiger partial charge in [0.2, 0.25) is 5.82 Å². The van der Waals surface area contributed by atoms with Gasteiger partial charge in [-0.2, -0.15) is 17.5 Å². The van der Waals surface area contributed by atoms with Gasteiger partial charge in [0.1, 0.15) is 10.8 Å². The minimum Gasteiger partial charge on any atom is -0.493 e. The Labute approximate surface area is 112 Å². The van der Waals surface area contributed by atoms with Crippen molar-refractivity contribution in [2.24, 2.45) is 0 Å². The van der Waals surface area contributed by atoms with Crippen molar-refractivity contribution >= 4 is 11.5 Å². The van der Waals surface area contributed by atoms with Crippen LogP contribution in [0.25, 0.3) is 10.6 Å². The molecular formula is C12H11F3N2OS. The second kappa shape index (κ2) is 5.56. The molecule has 19 heavy (non-hydrogen) atoms. The zero-order valence-electron chi connectivity index (χ0n) is 10.1. The molecule has 1 heterocycles. The van der Waals surface area contributed by atoms with Crippen LogP contribution < -0.4 is 4.74 Å². The highest BCUT2D eigenvalue weighted by atomic mass is 32.1. The average Bonchev–Trinajstić information content (AvgIpc) is 2.86. The van der Waals surface area contributed by atoms with Crippen LogP contribution in [0.15, 0.2) is 24.3 Å². The zero-order valence-corrected chi connectivity index (χ0v) is 10.9. The van der Waals surface area contributed by atoms with E-state index in [1.165, 1.54) is 0 Å². The first-order chi connectivity index (χ1) is 9.02. The van der Waals surface area contributed by atoms with Crippen LogP contribution in [0.4, 0.5) is 13.2 Å². The summed E-state index contributed by atoms with van der Waals surface area (Å²) in [6.07, 6.45) is -3.70. The standard InChI is InChI=1S/C12H11F3N2OS/c1-2-7-18-9-6-4-3-5-8(9)10-16-11(17-19-10)12(13,14)15/h3-6H,2,7H2,1H3. The fraction of sp³-hybridized carbons (Fsp3) is 0.333. The first-order valence-electron chi connectivity index (χ1n) is 5.65. The van der Waals surface area contributed by atoms with Crippen molar-refractivity contribution in [1.29, 1.82) is 0 Å². The van der Waals surface area contributed by atoms with Crippen molar-refractivity contribution in [2.75, 3.05) is 6.61 Å². The van der Waals surface area contributed by atoms with Crippen LogP contribution in [0, 0.1) is 0 Å². The number of ether oxygens (including phenoxy) is 1. The van der Waals surface area contributed by atoms with Gasteiger partial charge in [-0.05, 0) is 30.1 Å². The van der Waals surface area contributed by atoms with E-state index in [0.29, 0.717) is 29.5 Å². The number of aromatic nitrogens is 2. The molecule has 0 radical (unpaired) electrons. The Morgan fingerprint density at radius 1 is 1.26 bits per heavy atom. The van der Waals surface area contributed by atoms with Crippen LogP contribution in [0.5, 0.6) is 5.75 Å². The first kappa shape index (κ1) is 13.8. The maximum absolute atomic E-state index is 12.5. The van der Waals surface area contributed by atoms with E-state index >= 15 is 0 Å². The normalized spacial score (nSPS) is 11.6. The van der Waals surface area contributed by atoms with Crippen LogP contribution in [0.1, 0.15) is 19.2 Å². The molecule has 0 saturated carbocycles. The summed E-state index contributed by atoms with van der Waals surface area (Å²) in [5.41, 5.74) is 0.531. The van der Waals surface area contributed by atoms with Crippen molar-refractivity contribution in [3.63, 3.8) is 0 Å². The summed E-state index contributed by atoms with van der Waals surface area (Å²) < 4.78 is 46.2. The quantitative estimate of drug-likeness (QED) is 0.852. The summed E-state index contributed by atoms with van der Waals surface area (Å²) in [5, 5.41) is 0.207. The van der Waals surface area contributed by atoms with E-state index in [0.717, 1.165) is 6.42 Å². The molecule has 0 spiro atoms. The predicted octanol–water partition coefficient (Wildman–Crippen LogP) is 4.01. The van der Waals surface area contributed by atoms with Crippen LogP contribution in [0.2, 0.25) is 0 Å². The SMILES string of the molecule is CCCOc1ccccc1-c1nc(C(F)(F)F)ns1. The highest BCUT2D eigenvalue weighted by Gasteiger charge is 2.36. The molecule has 102 valence electrons. The Hall–Kier alpha value is -1.63. The summed E-state index contributed by atoms with van der Waals surface area (Å²) in [5.74, 6) is -0.591. The Bertz CT molecular complexity index is 554. The molecule has 0 aliphatic carbocycles. The molecule has 0 fully saturated rings. The van der Waals surface area contributed by atoms with Gasteiger partial charge in [-0.3, -0.25) is 0 Å². The van der Waals surface area contributed by atoms with Crippen molar-refractivity contribution < 1.29 is 17.9 Å². The molecule has 1 aromatic heterocycles. The summed E-state index contributed by atoms with van der Waals surface area (Å²) in [4.78, 5) is 3.52. The molecule has 3 nitrogen and oxygen atoms in total. The van der Waals surface area contributed by atoms with E-state index in [1.807, 2.05) is 6.92 Å². The summed E-state index contributed by atoms with van der Waals surface area (Å²) in [6, 6.07) is 6.87. The lowest BCUT2D eigenvalue weighted by atomic mass is 10.2. The highest BCUT2D eigenvalue weighted by molar-refractivity contribution is 7.09. The van der Waals surface area contributed by atoms with Crippen molar-refractivity contribution in [3.05, 3.63) is 30.1 Å². The Balaban J connectivity index is 2.33. The van der Waals surface area contributed by atoms with E-state index in [9.17, 15) is 13.2 Å². The molecule has 2 aromatic rings. The molecule has 0 bridgehead atoms. The average molecular weight is 288 g/mol. The lowest BCUT2D eigenvalue weighted by molar-refractivity contribution is -0.144. The smallest absolute Gasteiger partial charge is 0.452 e. The number of para-hydroxylation sites is 1. The molecule has 0 saturated heterocycles. The monoisotopic (exact) mass is 288 g/mol. The van der Waals surface area contributed by atoms with Gasteiger partial charge in [0.05, 0.1) is 12.2 Å². The fourth-order valence-corrected chi connectivity index (χ4v) is 2.14. The van der Waals surface area contributed by atoms with Gasteiger partial charge >= 0.3 is 6.18 Å². The van der Waals surface area contributed by atoms with Gasteiger partial charge in [-0.1, -0.05) is 19.1 Å². The van der Waals surface area contributed by atoms with Gasteiger partial charge in [-0.25, -0.2) is 4.98 Å². The number of hydrogen-bond acceptors (Lipinski definition) is 4. The fourth-order valence-electron chi connectivity index (χ4n) is 1.43. The van der Waals surface area contributed by atoms with Gasteiger partial charge < -0.3 is 4.74 Å². The number of hydrogen-bond donors (Lipinski definition) is 0. The molecule has 0 unspecified atom stereocenters. The minimum absolute atomic E-state index is 0.207. The Kier molecular flexibility index (Phi) is 4.04. The van der Waals surface area contributed by atoms with Crippen molar-refractivity contribution in [2.45, 2.75) is 19.5 Å². The Morgan fingerprint density at radius 2 is 2.00 bits per heavy atom. The van der Waals surface area contributed by atoms with Gasteiger partial charge in [0.25, 0.3) is 0 Å². The van der Waals surface area contributed by atoms with Crippen LogP contribution >= 0.6 is 11.5 Å². The molecular weight excluding hydrogens is 277 g/mol. The lowest BCUT2D eigenvalue weighted by Gasteiger charge is -2.08. The van der Waals surface area contributed by atoms with Crippen LogP contribution in [-0.2, 0) is 6.18 Å². The molecule has 7 heteroatoms. The molecule has 1 aromatic carbocycles. The molecule has 0 atom stereocenters. The third-order valence-electron chi connectivity index (χ3n) is 2.26. The van der Waals surface area contributed by atoms with Crippen LogP contribution in [0.3, 0.4) is 0 Å². The molecule has 2 rings (SSSR count). The molecule has 0 N–H and O–H groups in total. The number of benzene rings is 1. The van der Waals surface area contributed by atoms with E-state index in [1.54, 1.807) is 24.3 Å². The number of alkyl halides is 3. The highest BCUT2D eigenvalue weighted by Crippen LogP contribution is 2.34. The Morgan fingerprint density at radius 3 is 2.63 bits per heavy atom.